The molecule has 0 bridgehead atoms. The van der Waals surface area contributed by atoms with Gasteiger partial charge in [0.15, 0.2) is 5.69 Å². The van der Waals surface area contributed by atoms with Crippen LogP contribution in [0.25, 0.3) is 0 Å². The Morgan fingerprint density at radius 2 is 2.40 bits per heavy atom. The number of halogens is 1. The van der Waals surface area contributed by atoms with Crippen molar-refractivity contribution in [1.29, 1.82) is 0 Å². The summed E-state index contributed by atoms with van der Waals surface area (Å²) in [5.74, 6) is -0.559. The van der Waals surface area contributed by atoms with Crippen molar-refractivity contribution in [1.82, 2.24) is 9.78 Å². The molecule has 1 aromatic rings. The Labute approximate surface area is 87.0 Å². The van der Waals surface area contributed by atoms with E-state index in [0.717, 1.165) is 0 Å². The zero-order chi connectivity index (χ0) is 11.3. The van der Waals surface area contributed by atoms with Crippen LogP contribution in [0.2, 0.25) is 0 Å². The second-order valence-electron chi connectivity index (χ2n) is 3.08. The number of aryl methyl sites for hydroxylation is 1. The molecule has 6 heteroatoms. The molecule has 0 fully saturated rings. The van der Waals surface area contributed by atoms with Crippen LogP contribution in [0.1, 0.15) is 23.3 Å². The molecule has 0 aliphatic carbocycles. The molecule has 5 nitrogen and oxygen atoms in total. The lowest BCUT2D eigenvalue weighted by molar-refractivity contribution is 0.0594. The Kier molecular flexibility index (Phi) is 4.08. The molecule has 84 valence electrons. The van der Waals surface area contributed by atoms with E-state index in [2.05, 4.69) is 9.84 Å². The van der Waals surface area contributed by atoms with Crippen molar-refractivity contribution >= 4 is 11.7 Å². The molecule has 1 aromatic heterocycles. The van der Waals surface area contributed by atoms with Gasteiger partial charge in [-0.25, -0.2) is 4.79 Å². The Hall–Kier alpha value is -1.59. The fourth-order valence-electron chi connectivity index (χ4n) is 1.17. The van der Waals surface area contributed by atoms with Crippen molar-refractivity contribution in [2.45, 2.75) is 19.4 Å². The Bertz CT molecular complexity index is 338. The molecular weight excluding hydrogens is 201 g/mol. The molecular formula is C9H14FN3O2. The highest BCUT2D eigenvalue weighted by molar-refractivity contribution is 5.92. The van der Waals surface area contributed by atoms with E-state index in [-0.39, 0.29) is 18.1 Å². The smallest absolute Gasteiger partial charge is 0.360 e. The van der Waals surface area contributed by atoms with Gasteiger partial charge >= 0.3 is 5.97 Å². The molecule has 2 N–H and O–H groups in total. The van der Waals surface area contributed by atoms with Crippen molar-refractivity contribution in [3.05, 3.63) is 11.9 Å². The zero-order valence-corrected chi connectivity index (χ0v) is 8.57. The lowest BCUT2D eigenvalue weighted by Gasteiger charge is -1.98. The number of anilines is 1. The number of methoxy groups -OCH3 is 1. The third-order valence-electron chi connectivity index (χ3n) is 1.94. The molecule has 0 saturated heterocycles. The molecule has 0 atom stereocenters. The number of rotatable bonds is 5. The van der Waals surface area contributed by atoms with Crippen LogP contribution in [-0.4, -0.2) is 29.5 Å². The van der Waals surface area contributed by atoms with Crippen molar-refractivity contribution in [3.63, 3.8) is 0 Å². The minimum absolute atomic E-state index is 0.109. The van der Waals surface area contributed by atoms with Crippen LogP contribution in [-0.2, 0) is 11.3 Å². The van der Waals surface area contributed by atoms with E-state index >= 15 is 0 Å². The Morgan fingerprint density at radius 1 is 1.67 bits per heavy atom. The van der Waals surface area contributed by atoms with Gasteiger partial charge in [0.1, 0.15) is 0 Å². The van der Waals surface area contributed by atoms with Gasteiger partial charge in [-0.3, -0.25) is 9.07 Å². The summed E-state index contributed by atoms with van der Waals surface area (Å²) in [6.07, 6.45) is 2.69. The monoisotopic (exact) mass is 215 g/mol. The first-order chi connectivity index (χ1) is 7.19. The average Bonchev–Trinajstić information content (AvgIpc) is 2.59. The minimum Gasteiger partial charge on any atom is -0.464 e. The first kappa shape index (κ1) is 11.5. The molecule has 1 heterocycles. The van der Waals surface area contributed by atoms with Crippen LogP contribution in [0.15, 0.2) is 6.20 Å². The summed E-state index contributed by atoms with van der Waals surface area (Å²) in [6, 6.07) is 0. The number of nitrogens with zero attached hydrogens (tertiary/aromatic N) is 2. The van der Waals surface area contributed by atoms with Gasteiger partial charge in [-0.05, 0) is 12.8 Å². The fourth-order valence-corrected chi connectivity index (χ4v) is 1.17. The lowest BCUT2D eigenvalue weighted by Crippen LogP contribution is -2.06. The third-order valence-corrected chi connectivity index (χ3v) is 1.94. The maximum atomic E-state index is 11.8. The summed E-state index contributed by atoms with van der Waals surface area (Å²) >= 11 is 0. The number of hydrogen-bond acceptors (Lipinski definition) is 4. The first-order valence-electron chi connectivity index (χ1n) is 4.66. The summed E-state index contributed by atoms with van der Waals surface area (Å²) in [6.45, 7) is 0.200. The van der Waals surface area contributed by atoms with E-state index < -0.39 is 5.97 Å². The molecule has 0 amide bonds. The quantitative estimate of drug-likeness (QED) is 0.587. The van der Waals surface area contributed by atoms with Gasteiger partial charge in [-0.15, -0.1) is 0 Å². The van der Waals surface area contributed by atoms with E-state index in [1.54, 1.807) is 6.20 Å². The van der Waals surface area contributed by atoms with Gasteiger partial charge in [0.25, 0.3) is 0 Å². The van der Waals surface area contributed by atoms with Crippen LogP contribution in [0.4, 0.5) is 10.1 Å². The maximum absolute atomic E-state index is 11.8. The molecule has 0 saturated carbocycles. The summed E-state index contributed by atoms with van der Waals surface area (Å²) in [5, 5.41) is 3.95. The number of carbonyl (C=O) groups excluding carboxylic acids is 1. The summed E-state index contributed by atoms with van der Waals surface area (Å²) in [4.78, 5) is 11.1. The van der Waals surface area contributed by atoms with Crippen molar-refractivity contribution < 1.29 is 13.9 Å². The highest BCUT2D eigenvalue weighted by Crippen LogP contribution is 2.10. The molecule has 0 aliphatic heterocycles. The number of esters is 1. The number of alkyl halides is 1. The van der Waals surface area contributed by atoms with E-state index in [0.29, 0.717) is 19.4 Å². The topological polar surface area (TPSA) is 70.1 Å². The van der Waals surface area contributed by atoms with Crippen LogP contribution in [0.5, 0.6) is 0 Å². The second-order valence-corrected chi connectivity index (χ2v) is 3.08. The molecule has 0 spiro atoms. The first-order valence-corrected chi connectivity index (χ1v) is 4.66. The number of aromatic nitrogens is 2. The summed E-state index contributed by atoms with van der Waals surface area (Å²) in [5.41, 5.74) is 5.95. The van der Waals surface area contributed by atoms with Crippen molar-refractivity contribution in [2.75, 3.05) is 19.5 Å². The largest absolute Gasteiger partial charge is 0.464 e. The standard InChI is InChI=1S/C9H14FN3O2/c1-15-9(14)8-7(11)6-13(12-8)5-3-2-4-10/h6H,2-5,11H2,1H3. The maximum Gasteiger partial charge on any atom is 0.360 e. The second kappa shape index (κ2) is 5.33. The minimum atomic E-state index is -0.559. The number of ether oxygens (including phenoxy) is 1. The van der Waals surface area contributed by atoms with Gasteiger partial charge in [0.05, 0.1) is 19.5 Å². The Morgan fingerprint density at radius 3 is 3.00 bits per heavy atom. The highest BCUT2D eigenvalue weighted by atomic mass is 19.1. The number of nitrogen functional groups attached to an aromatic ring is 1. The SMILES string of the molecule is COC(=O)c1nn(CCCCF)cc1N. The van der Waals surface area contributed by atoms with Crippen molar-refractivity contribution in [2.24, 2.45) is 0 Å². The third kappa shape index (κ3) is 2.93. The van der Waals surface area contributed by atoms with E-state index in [9.17, 15) is 9.18 Å². The van der Waals surface area contributed by atoms with Gasteiger partial charge in [-0.1, -0.05) is 0 Å². The van der Waals surface area contributed by atoms with E-state index in [1.807, 2.05) is 0 Å². The fraction of sp³-hybridized carbons (Fsp3) is 0.556. The van der Waals surface area contributed by atoms with Gasteiger partial charge < -0.3 is 10.5 Å². The van der Waals surface area contributed by atoms with Crippen molar-refractivity contribution in [3.8, 4) is 0 Å². The lowest BCUT2D eigenvalue weighted by atomic mass is 10.3. The molecule has 15 heavy (non-hydrogen) atoms. The number of unbranched alkanes of at least 4 members (excludes halogenated alkanes) is 1. The summed E-state index contributed by atoms with van der Waals surface area (Å²) in [7, 11) is 1.27. The van der Waals surface area contributed by atoms with Crippen LogP contribution >= 0.6 is 0 Å². The highest BCUT2D eigenvalue weighted by Gasteiger charge is 2.14. The molecule has 0 aliphatic rings. The summed E-state index contributed by atoms with van der Waals surface area (Å²) < 4.78 is 17.9. The van der Waals surface area contributed by atoms with Crippen LogP contribution in [0, 0.1) is 0 Å². The van der Waals surface area contributed by atoms with Gasteiger partial charge in [0, 0.05) is 12.7 Å². The predicted octanol–water partition coefficient (Wildman–Crippen LogP) is 1.00. The van der Waals surface area contributed by atoms with Gasteiger partial charge in [0.2, 0.25) is 0 Å². The normalized spacial score (nSPS) is 10.3. The van der Waals surface area contributed by atoms with Crippen LogP contribution < -0.4 is 5.73 Å². The predicted molar refractivity (Wildman–Crippen MR) is 53.2 cm³/mol. The van der Waals surface area contributed by atoms with E-state index in [1.165, 1.54) is 11.8 Å². The van der Waals surface area contributed by atoms with Crippen LogP contribution in [0.3, 0.4) is 0 Å². The molecule has 0 aromatic carbocycles. The van der Waals surface area contributed by atoms with E-state index in [4.69, 9.17) is 5.73 Å². The number of hydrogen-bond donors (Lipinski definition) is 1. The van der Waals surface area contributed by atoms with Gasteiger partial charge in [-0.2, -0.15) is 5.10 Å². The molecule has 0 unspecified atom stereocenters. The Balaban J connectivity index is 2.64. The number of carbonyl (C=O) groups is 1. The molecule has 1 rings (SSSR count). The molecule has 0 radical (unpaired) electrons. The average molecular weight is 215 g/mol. The zero-order valence-electron chi connectivity index (χ0n) is 8.57. The number of nitrogens with two attached hydrogens (primary N) is 1.